The monoisotopic (exact) mass is 459 g/mol. The first kappa shape index (κ1) is 23.4. The molecule has 0 spiro atoms. The van der Waals surface area contributed by atoms with E-state index >= 15 is 0 Å². The number of rotatable bonds is 8. The second-order valence-electron chi connectivity index (χ2n) is 6.33. The van der Waals surface area contributed by atoms with Crippen molar-refractivity contribution in [2.75, 3.05) is 13.2 Å². The summed E-state index contributed by atoms with van der Waals surface area (Å²) in [5.74, 6) is 0.815. The minimum absolute atomic E-state index is 0. The van der Waals surface area contributed by atoms with Gasteiger partial charge >= 0.3 is 0 Å². The van der Waals surface area contributed by atoms with E-state index in [1.807, 2.05) is 23.9 Å². The van der Waals surface area contributed by atoms with Gasteiger partial charge in [0, 0.05) is 31.0 Å². The fourth-order valence-corrected chi connectivity index (χ4v) is 3.25. The molecule has 2 N–H and O–H groups in total. The third kappa shape index (κ3) is 6.32. The molecule has 5 nitrogen and oxygen atoms in total. The van der Waals surface area contributed by atoms with Crippen LogP contribution in [0, 0.1) is 5.82 Å². The molecule has 3 rings (SSSR count). The second-order valence-corrected chi connectivity index (χ2v) is 7.18. The van der Waals surface area contributed by atoms with Crippen molar-refractivity contribution in [1.29, 1.82) is 0 Å². The average Bonchev–Trinajstić information content (AvgIpc) is 3.07. The number of benzene rings is 2. The molecule has 0 saturated carbocycles. The van der Waals surface area contributed by atoms with E-state index in [1.54, 1.807) is 30.5 Å². The summed E-state index contributed by atoms with van der Waals surface area (Å²) in [4.78, 5) is 4.35. The zero-order valence-corrected chi connectivity index (χ0v) is 17.9. The quantitative estimate of drug-likeness (QED) is 0.523. The van der Waals surface area contributed by atoms with Gasteiger partial charge in [-0.25, -0.2) is 9.37 Å². The number of nitrogens with one attached hydrogen (secondary N) is 1. The molecule has 156 valence electrons. The molecule has 2 atom stereocenters. The van der Waals surface area contributed by atoms with E-state index in [-0.39, 0.29) is 37.4 Å². The lowest BCUT2D eigenvalue weighted by molar-refractivity contribution is 0.104. The van der Waals surface area contributed by atoms with Gasteiger partial charge in [-0.1, -0.05) is 35.3 Å². The fraction of sp³-hybridized carbons (Fsp3) is 0.250. The number of halogens is 4. The van der Waals surface area contributed by atoms with Crippen LogP contribution < -0.4 is 10.1 Å². The van der Waals surface area contributed by atoms with Crippen LogP contribution >= 0.6 is 35.6 Å². The van der Waals surface area contributed by atoms with Gasteiger partial charge in [-0.3, -0.25) is 0 Å². The first-order valence-electron chi connectivity index (χ1n) is 8.66. The number of nitrogens with zero attached hydrogens (tertiary/aromatic N) is 2. The number of aromatic nitrogens is 2. The second kappa shape index (κ2) is 10.8. The number of ether oxygens (including phenoxy) is 1. The van der Waals surface area contributed by atoms with Crippen LogP contribution in [0.25, 0.3) is 0 Å². The number of imidazole rings is 1. The van der Waals surface area contributed by atoms with E-state index in [2.05, 4.69) is 10.3 Å². The van der Waals surface area contributed by atoms with Crippen LogP contribution in [0.2, 0.25) is 10.0 Å². The van der Waals surface area contributed by atoms with E-state index in [0.717, 1.165) is 0 Å². The minimum atomic E-state index is -0.817. The average molecular weight is 461 g/mol. The van der Waals surface area contributed by atoms with Crippen LogP contribution in [0.15, 0.2) is 54.9 Å². The summed E-state index contributed by atoms with van der Waals surface area (Å²) in [6.07, 6.45) is 2.67. The number of aryl methyl sites for hydroxylation is 1. The largest absolute Gasteiger partial charge is 0.489 e. The molecule has 0 amide bonds. The van der Waals surface area contributed by atoms with Crippen molar-refractivity contribution in [2.45, 2.75) is 12.1 Å². The molecule has 0 aliphatic heterocycles. The maximum Gasteiger partial charge on any atom is 0.138 e. The summed E-state index contributed by atoms with van der Waals surface area (Å²) in [7, 11) is 1.86. The maximum absolute atomic E-state index is 13.7. The third-order valence-corrected chi connectivity index (χ3v) is 4.71. The molecule has 0 radical (unpaired) electrons. The lowest BCUT2D eigenvalue weighted by Crippen LogP contribution is -2.35. The number of hydrogen-bond acceptors (Lipinski definition) is 4. The summed E-state index contributed by atoms with van der Waals surface area (Å²) in [6.45, 7) is 0.240. The SMILES string of the molecule is Cl.Cn1ccnc1C(NCC(O)COc1ccc(Cl)cc1Cl)c1cccc(F)c1. The summed E-state index contributed by atoms with van der Waals surface area (Å²) in [6, 6.07) is 10.8. The zero-order valence-electron chi connectivity index (χ0n) is 15.6. The molecule has 0 saturated heterocycles. The molecule has 0 fully saturated rings. The van der Waals surface area contributed by atoms with Gasteiger partial charge in [0.1, 0.15) is 30.1 Å². The van der Waals surface area contributed by atoms with Crippen molar-refractivity contribution in [2.24, 2.45) is 7.05 Å². The smallest absolute Gasteiger partial charge is 0.138 e. The highest BCUT2D eigenvalue weighted by molar-refractivity contribution is 6.35. The molecule has 0 aliphatic rings. The first-order chi connectivity index (χ1) is 13.4. The highest BCUT2D eigenvalue weighted by Gasteiger charge is 2.20. The Morgan fingerprint density at radius 1 is 1.24 bits per heavy atom. The fourth-order valence-electron chi connectivity index (χ4n) is 2.79. The van der Waals surface area contributed by atoms with Gasteiger partial charge in [-0.2, -0.15) is 0 Å². The van der Waals surface area contributed by atoms with E-state index in [1.165, 1.54) is 12.1 Å². The summed E-state index contributed by atoms with van der Waals surface area (Å²) < 4.78 is 21.1. The molecule has 29 heavy (non-hydrogen) atoms. The number of aliphatic hydroxyl groups is 1. The lowest BCUT2D eigenvalue weighted by atomic mass is 10.1. The maximum atomic E-state index is 13.7. The van der Waals surface area contributed by atoms with Gasteiger partial charge in [0.2, 0.25) is 0 Å². The van der Waals surface area contributed by atoms with E-state index in [0.29, 0.717) is 27.2 Å². The Morgan fingerprint density at radius 2 is 2.03 bits per heavy atom. The van der Waals surface area contributed by atoms with Crippen molar-refractivity contribution in [3.05, 3.63) is 82.1 Å². The van der Waals surface area contributed by atoms with E-state index in [4.69, 9.17) is 27.9 Å². The Labute approximate surface area is 184 Å². The van der Waals surface area contributed by atoms with E-state index < -0.39 is 6.10 Å². The van der Waals surface area contributed by atoms with Crippen LogP contribution in [-0.2, 0) is 7.05 Å². The topological polar surface area (TPSA) is 59.3 Å². The molecule has 0 bridgehead atoms. The molecular formula is C20H21Cl3FN3O2. The van der Waals surface area contributed by atoms with Gasteiger partial charge in [0.05, 0.1) is 11.1 Å². The van der Waals surface area contributed by atoms with Crippen LogP contribution in [0.4, 0.5) is 4.39 Å². The molecule has 2 aromatic carbocycles. The van der Waals surface area contributed by atoms with Crippen molar-refractivity contribution in [3.63, 3.8) is 0 Å². The van der Waals surface area contributed by atoms with Crippen molar-refractivity contribution in [3.8, 4) is 5.75 Å². The van der Waals surface area contributed by atoms with Gasteiger partial charge in [-0.05, 0) is 35.9 Å². The highest BCUT2D eigenvalue weighted by atomic mass is 35.5. The van der Waals surface area contributed by atoms with E-state index in [9.17, 15) is 9.50 Å². The Morgan fingerprint density at radius 3 is 2.69 bits per heavy atom. The first-order valence-corrected chi connectivity index (χ1v) is 9.41. The van der Waals surface area contributed by atoms with Crippen LogP contribution in [0.5, 0.6) is 5.75 Å². The van der Waals surface area contributed by atoms with Gasteiger partial charge < -0.3 is 19.7 Å². The molecule has 1 aromatic heterocycles. The molecule has 9 heteroatoms. The molecule has 1 heterocycles. The number of hydrogen-bond donors (Lipinski definition) is 2. The predicted molar refractivity (Wildman–Crippen MR) is 115 cm³/mol. The summed E-state index contributed by atoms with van der Waals surface area (Å²) in [5, 5.41) is 14.4. The van der Waals surface area contributed by atoms with Gasteiger partial charge in [-0.15, -0.1) is 12.4 Å². The molecular weight excluding hydrogens is 440 g/mol. The zero-order chi connectivity index (χ0) is 20.1. The summed E-state index contributed by atoms with van der Waals surface area (Å²) >= 11 is 11.9. The Balaban J connectivity index is 0.00000300. The third-order valence-electron chi connectivity index (χ3n) is 4.18. The molecule has 3 aromatic rings. The standard InChI is InChI=1S/C20H20Cl2FN3O2.ClH/c1-26-8-7-24-20(26)19(13-3-2-4-15(23)9-13)25-11-16(27)12-28-18-6-5-14(21)10-17(18)22;/h2-10,16,19,25,27H,11-12H2,1H3;1H. The minimum Gasteiger partial charge on any atom is -0.489 e. The molecule has 0 aliphatic carbocycles. The van der Waals surface area contributed by atoms with Crippen LogP contribution in [-0.4, -0.2) is 33.9 Å². The van der Waals surface area contributed by atoms with Gasteiger partial charge in [0.25, 0.3) is 0 Å². The Hall–Kier alpha value is -1.83. The molecule has 2 unspecified atom stereocenters. The van der Waals surface area contributed by atoms with Crippen LogP contribution in [0.3, 0.4) is 0 Å². The Bertz CT molecular complexity index is 939. The summed E-state index contributed by atoms with van der Waals surface area (Å²) in [5.41, 5.74) is 0.711. The van der Waals surface area contributed by atoms with Crippen LogP contribution in [0.1, 0.15) is 17.4 Å². The van der Waals surface area contributed by atoms with Gasteiger partial charge in [0.15, 0.2) is 0 Å². The van der Waals surface area contributed by atoms with Crippen molar-refractivity contribution >= 4 is 35.6 Å². The number of aliphatic hydroxyl groups excluding tert-OH is 1. The predicted octanol–water partition coefficient (Wildman–Crippen LogP) is 4.41. The lowest BCUT2D eigenvalue weighted by Gasteiger charge is -2.21. The Kier molecular flexibility index (Phi) is 8.74. The highest BCUT2D eigenvalue weighted by Crippen LogP contribution is 2.27. The normalized spacial score (nSPS) is 12.9. The van der Waals surface area contributed by atoms with Crippen molar-refractivity contribution < 1.29 is 14.2 Å². The van der Waals surface area contributed by atoms with Crippen molar-refractivity contribution in [1.82, 2.24) is 14.9 Å².